The van der Waals surface area contributed by atoms with Gasteiger partial charge in [-0.25, -0.2) is 0 Å². The second-order valence-electron chi connectivity index (χ2n) is 16.2. The quantitative estimate of drug-likeness (QED) is 0.263. The average Bonchev–Trinajstić information content (AvgIpc) is 3.69. The third kappa shape index (κ3) is 227. The van der Waals surface area contributed by atoms with Crippen molar-refractivity contribution in [1.29, 1.82) is 0 Å². The van der Waals surface area contributed by atoms with E-state index < -0.39 is 0 Å². The van der Waals surface area contributed by atoms with Crippen LogP contribution in [0.3, 0.4) is 0 Å². The van der Waals surface area contributed by atoms with Crippen LogP contribution in [-0.2, 0) is 42.1 Å². The molecule has 4 unspecified atom stereocenters. The number of hydrogen-bond donors (Lipinski definition) is 0. The molecule has 2 saturated carbocycles. The van der Waals surface area contributed by atoms with Gasteiger partial charge in [0.15, 0.2) is 0 Å². The summed E-state index contributed by atoms with van der Waals surface area (Å²) in [6.07, 6.45) is 13.1. The van der Waals surface area contributed by atoms with E-state index in [0.717, 1.165) is 59.2 Å². The summed E-state index contributed by atoms with van der Waals surface area (Å²) >= 11 is 0. The van der Waals surface area contributed by atoms with Crippen molar-refractivity contribution in [1.82, 2.24) is 0 Å². The van der Waals surface area contributed by atoms with Gasteiger partial charge in [-0.2, -0.15) is 0 Å². The zero-order valence-electron chi connectivity index (χ0n) is 46.8. The Hall–Kier alpha value is 1.38. The Morgan fingerprint density at radius 2 is 0.441 bits per heavy atom. The Bertz CT molecular complexity index is 352. The van der Waals surface area contributed by atoms with Gasteiger partial charge in [-0.1, -0.05) is 310 Å². The van der Waals surface area contributed by atoms with Crippen molar-refractivity contribution in [2.45, 2.75) is 323 Å². The summed E-state index contributed by atoms with van der Waals surface area (Å²) in [5.41, 5.74) is 0. The molecule has 4 atom stereocenters. The van der Waals surface area contributed by atoms with Crippen LogP contribution < -0.4 is 0 Å². The van der Waals surface area contributed by atoms with Crippen LogP contribution in [0.25, 0.3) is 0 Å². The molecule has 2 fully saturated rings. The van der Waals surface area contributed by atoms with Crippen LogP contribution >= 0.6 is 0 Å². The van der Waals surface area contributed by atoms with Crippen LogP contribution in [0.1, 0.15) is 323 Å². The zero-order chi connectivity index (χ0) is 46.1. The Kier molecular flexibility index (Phi) is 249. The molecule has 0 nitrogen and oxygen atoms in total. The SMILES string of the molecule is C.C.C.C.CC.CC.CC.CC.CC.CC.CC.CC(C)C.CC(C)C.CC(C)C.CC(C)C.CC(C)CC1CCCC1C.CC(C)CC1CCCC1C.CCC.[Pt].[Pt]. The van der Waals surface area contributed by atoms with Gasteiger partial charge >= 0.3 is 0 Å². The number of rotatable bonds is 4. The molecule has 0 radical (unpaired) electrons. The normalized spacial score (nSPS) is 14.8. The summed E-state index contributed by atoms with van der Waals surface area (Å²) in [5, 5.41) is 0. The average molecular weight is 1220 g/mol. The van der Waals surface area contributed by atoms with Crippen molar-refractivity contribution < 1.29 is 42.1 Å². The first-order chi connectivity index (χ1) is 24.7. The molecule has 0 amide bonds. The van der Waals surface area contributed by atoms with E-state index in [2.05, 4.69) is 138 Å². The van der Waals surface area contributed by atoms with Gasteiger partial charge in [-0.3, -0.25) is 0 Å². The van der Waals surface area contributed by atoms with Gasteiger partial charge in [-0.15, -0.1) is 0 Å². The van der Waals surface area contributed by atoms with E-state index in [-0.39, 0.29) is 71.8 Å². The Morgan fingerprint density at radius 1 is 0.322 bits per heavy atom. The van der Waals surface area contributed by atoms with Gasteiger partial charge < -0.3 is 0 Å². The Labute approximate surface area is 421 Å². The third-order valence-corrected chi connectivity index (χ3v) is 5.63. The monoisotopic (exact) mass is 1220 g/mol. The first-order valence-electron chi connectivity index (χ1n) is 24.7. The molecule has 0 saturated heterocycles. The molecular weight excluding hydrogens is 1070 g/mol. The van der Waals surface area contributed by atoms with Gasteiger partial charge in [0.2, 0.25) is 0 Å². The largest absolute Gasteiger partial charge is 0.0776 e. The maximum atomic E-state index is 2.42. The minimum Gasteiger partial charge on any atom is -0.0776 e. The van der Waals surface area contributed by atoms with Crippen LogP contribution in [0.4, 0.5) is 0 Å². The fourth-order valence-electron chi connectivity index (χ4n) is 4.36. The van der Waals surface area contributed by atoms with Gasteiger partial charge in [0.05, 0.1) is 0 Å². The molecule has 0 aromatic carbocycles. The molecule has 2 aliphatic rings. The van der Waals surface area contributed by atoms with Crippen molar-refractivity contribution in [2.75, 3.05) is 0 Å². The second-order valence-corrected chi connectivity index (χ2v) is 16.2. The van der Waals surface area contributed by atoms with E-state index in [1.54, 1.807) is 0 Å². The van der Waals surface area contributed by atoms with Crippen molar-refractivity contribution in [3.63, 3.8) is 0 Å². The Balaban J connectivity index is -0.0000000201. The van der Waals surface area contributed by atoms with E-state index in [4.69, 9.17) is 0 Å². The molecule has 0 aromatic heterocycles. The van der Waals surface area contributed by atoms with Crippen LogP contribution in [0.2, 0.25) is 0 Å². The van der Waals surface area contributed by atoms with E-state index in [1.807, 2.05) is 96.9 Å². The smallest absolute Gasteiger partial charge is 0 e. The molecule has 394 valence electrons. The van der Waals surface area contributed by atoms with E-state index in [1.165, 1.54) is 57.8 Å². The zero-order valence-corrected chi connectivity index (χ0v) is 51.3. The summed E-state index contributed by atoms with van der Waals surface area (Å²) < 4.78 is 0. The summed E-state index contributed by atoms with van der Waals surface area (Å²) in [6, 6.07) is 0. The molecule has 0 spiro atoms. The summed E-state index contributed by atoms with van der Waals surface area (Å²) in [7, 11) is 0. The molecule has 2 rings (SSSR count). The minimum absolute atomic E-state index is 0. The molecular formula is C57H146Pt2. The van der Waals surface area contributed by atoms with Gasteiger partial charge in [-0.05, 0) is 72.0 Å². The summed E-state index contributed by atoms with van der Waals surface area (Å²) in [4.78, 5) is 0. The topological polar surface area (TPSA) is 0 Å². The molecule has 59 heavy (non-hydrogen) atoms. The Morgan fingerprint density at radius 3 is 0.508 bits per heavy atom. The summed E-state index contributed by atoms with van der Waals surface area (Å²) in [6.45, 7) is 72.4. The van der Waals surface area contributed by atoms with Crippen LogP contribution in [-0.4, -0.2) is 0 Å². The van der Waals surface area contributed by atoms with Crippen molar-refractivity contribution in [3.8, 4) is 0 Å². The van der Waals surface area contributed by atoms with E-state index in [0.29, 0.717) is 0 Å². The molecule has 0 aromatic rings. The fraction of sp³-hybridized carbons (Fsp3) is 1.00. The molecule has 2 heteroatoms. The van der Waals surface area contributed by atoms with E-state index >= 15 is 0 Å². The minimum atomic E-state index is 0. The maximum absolute atomic E-state index is 2.42. The predicted octanol–water partition coefficient (Wildman–Crippen LogP) is 24.7. The van der Waals surface area contributed by atoms with Gasteiger partial charge in [0.25, 0.3) is 0 Å². The van der Waals surface area contributed by atoms with Crippen LogP contribution in [0.5, 0.6) is 0 Å². The van der Waals surface area contributed by atoms with Gasteiger partial charge in [0, 0.05) is 42.1 Å². The van der Waals surface area contributed by atoms with E-state index in [9.17, 15) is 0 Å². The molecule has 0 N–H and O–H groups in total. The molecule has 0 bridgehead atoms. The van der Waals surface area contributed by atoms with Crippen molar-refractivity contribution in [2.24, 2.45) is 59.2 Å². The summed E-state index contributed by atoms with van der Waals surface area (Å²) in [5.74, 6) is 9.29. The van der Waals surface area contributed by atoms with Crippen LogP contribution in [0, 0.1) is 59.2 Å². The second kappa shape index (κ2) is 124. The van der Waals surface area contributed by atoms with Gasteiger partial charge in [0.1, 0.15) is 0 Å². The number of hydrogen-bond acceptors (Lipinski definition) is 0. The predicted molar refractivity (Wildman–Crippen MR) is 296 cm³/mol. The standard InChI is InChI=1S/2C10H20.4C4H10.C3H8.7C2H6.4CH4.2Pt/c2*1-8(2)7-10-6-4-5-9(10)3;4*1-4(2)3;1-3-2;7*1-2;;;;;;/h2*8-10H,4-7H2,1-3H3;4*4H,1-3H3;3H2,1-2H3;7*1-2H3;4*1H4;;. The van der Waals surface area contributed by atoms with Crippen LogP contribution in [0.15, 0.2) is 0 Å². The third-order valence-electron chi connectivity index (χ3n) is 5.63. The molecule has 0 heterocycles. The fourth-order valence-corrected chi connectivity index (χ4v) is 4.36. The first kappa shape index (κ1) is 119. The molecule has 2 aliphatic carbocycles. The van der Waals surface area contributed by atoms with Crippen molar-refractivity contribution in [3.05, 3.63) is 0 Å². The van der Waals surface area contributed by atoms with Crippen molar-refractivity contribution >= 4 is 0 Å². The maximum Gasteiger partial charge on any atom is 0 e. The first-order valence-corrected chi connectivity index (χ1v) is 24.7. The molecule has 0 aliphatic heterocycles.